The van der Waals surface area contributed by atoms with Crippen LogP contribution in [0, 0.1) is 11.8 Å². The maximum absolute atomic E-state index is 12.2. The summed E-state index contributed by atoms with van der Waals surface area (Å²) in [6.45, 7) is 2.21. The van der Waals surface area contributed by atoms with Crippen LogP contribution in [0.1, 0.15) is 96.8 Å². The smallest absolute Gasteiger partial charge is 0.305 e. The molecule has 1 aliphatic rings. The van der Waals surface area contributed by atoms with E-state index in [1.165, 1.54) is 32.8 Å². The summed E-state index contributed by atoms with van der Waals surface area (Å²) in [6.07, 6.45) is 13.4. The zero-order valence-electron chi connectivity index (χ0n) is 16.3. The number of aliphatic hydroxyl groups is 1. The van der Waals surface area contributed by atoms with Crippen molar-refractivity contribution >= 4 is 11.8 Å². The number of hydrogen-bond donors (Lipinski definition) is 1. The summed E-state index contributed by atoms with van der Waals surface area (Å²) in [7, 11) is 1.42. The van der Waals surface area contributed by atoms with Crippen molar-refractivity contribution in [2.45, 2.75) is 103 Å². The minimum absolute atomic E-state index is 0.0613. The van der Waals surface area contributed by atoms with Crippen LogP contribution in [0.4, 0.5) is 0 Å². The zero-order chi connectivity index (χ0) is 18.5. The molecule has 0 bridgehead atoms. The lowest BCUT2D eigenvalue weighted by atomic mass is 9.84. The van der Waals surface area contributed by atoms with Crippen LogP contribution in [0.15, 0.2) is 0 Å². The predicted molar refractivity (Wildman–Crippen MR) is 100 cm³/mol. The van der Waals surface area contributed by atoms with Gasteiger partial charge in [-0.3, -0.25) is 9.59 Å². The Morgan fingerprint density at radius 3 is 2.52 bits per heavy atom. The van der Waals surface area contributed by atoms with Gasteiger partial charge in [0.2, 0.25) is 0 Å². The van der Waals surface area contributed by atoms with Gasteiger partial charge in [-0.25, -0.2) is 0 Å². The van der Waals surface area contributed by atoms with Crippen LogP contribution < -0.4 is 0 Å². The molecule has 1 fully saturated rings. The van der Waals surface area contributed by atoms with E-state index in [4.69, 9.17) is 0 Å². The van der Waals surface area contributed by atoms with Crippen molar-refractivity contribution in [3.05, 3.63) is 0 Å². The van der Waals surface area contributed by atoms with E-state index in [0.29, 0.717) is 18.6 Å². The van der Waals surface area contributed by atoms with Crippen LogP contribution in [-0.2, 0) is 14.3 Å². The predicted octanol–water partition coefficient (Wildman–Crippen LogP) is 4.82. The fourth-order valence-corrected chi connectivity index (χ4v) is 4.03. The molecule has 1 rings (SSSR count). The van der Waals surface area contributed by atoms with Crippen molar-refractivity contribution in [1.29, 1.82) is 0 Å². The largest absolute Gasteiger partial charge is 0.469 e. The molecule has 25 heavy (non-hydrogen) atoms. The minimum atomic E-state index is -0.308. The van der Waals surface area contributed by atoms with E-state index in [1.807, 2.05) is 0 Å². The molecule has 0 radical (unpaired) electrons. The monoisotopic (exact) mass is 354 g/mol. The Hall–Kier alpha value is -0.900. The molecule has 4 heteroatoms. The first-order chi connectivity index (χ1) is 12.1. The normalized spacial score (nSPS) is 21.5. The van der Waals surface area contributed by atoms with Crippen molar-refractivity contribution < 1.29 is 19.4 Å². The number of carbonyl (C=O) groups is 2. The van der Waals surface area contributed by atoms with E-state index in [2.05, 4.69) is 11.7 Å². The number of methoxy groups -OCH3 is 1. The van der Waals surface area contributed by atoms with Gasteiger partial charge in [0, 0.05) is 18.8 Å². The van der Waals surface area contributed by atoms with Gasteiger partial charge in [0.15, 0.2) is 0 Å². The van der Waals surface area contributed by atoms with Crippen LogP contribution in [0.2, 0.25) is 0 Å². The minimum Gasteiger partial charge on any atom is -0.469 e. The number of esters is 1. The molecule has 146 valence electrons. The number of unbranched alkanes of at least 4 members (excludes halogenated alkanes) is 7. The van der Waals surface area contributed by atoms with Crippen LogP contribution in [0.3, 0.4) is 0 Å². The lowest BCUT2D eigenvalue weighted by molar-refractivity contribution is -0.140. The summed E-state index contributed by atoms with van der Waals surface area (Å²) in [4.78, 5) is 23.2. The van der Waals surface area contributed by atoms with E-state index in [0.717, 1.165) is 51.4 Å². The first-order valence-electron chi connectivity index (χ1n) is 10.4. The van der Waals surface area contributed by atoms with Gasteiger partial charge in [0.25, 0.3) is 0 Å². The van der Waals surface area contributed by atoms with Gasteiger partial charge in [0.1, 0.15) is 5.78 Å². The number of ketones is 1. The molecule has 1 aliphatic carbocycles. The van der Waals surface area contributed by atoms with Crippen molar-refractivity contribution in [3.8, 4) is 0 Å². The van der Waals surface area contributed by atoms with Crippen LogP contribution in [0.25, 0.3) is 0 Å². The maximum atomic E-state index is 12.2. The second-order valence-corrected chi connectivity index (χ2v) is 7.57. The Morgan fingerprint density at radius 2 is 1.80 bits per heavy atom. The number of ether oxygens (including phenoxy) is 1. The third-order valence-corrected chi connectivity index (χ3v) is 5.63. The lowest BCUT2D eigenvalue weighted by Gasteiger charge is -2.24. The number of rotatable bonds is 14. The molecule has 0 saturated heterocycles. The standard InChI is InChI=1S/C21H38O4/c1-3-4-5-6-10-13-19(22)18-15-16-20(23)17(18)12-9-7-8-11-14-21(24)25-2/h17-19,22H,3-16H2,1-2H3. The van der Waals surface area contributed by atoms with E-state index in [-0.39, 0.29) is 23.9 Å². The Kier molecular flexibility index (Phi) is 11.8. The number of Topliss-reactive ketones (excluding diaryl/α,β-unsaturated/α-hetero) is 1. The van der Waals surface area contributed by atoms with Gasteiger partial charge in [-0.2, -0.15) is 0 Å². The van der Waals surface area contributed by atoms with Gasteiger partial charge < -0.3 is 9.84 Å². The maximum Gasteiger partial charge on any atom is 0.305 e. The van der Waals surface area contributed by atoms with Crippen molar-refractivity contribution in [1.82, 2.24) is 0 Å². The highest BCUT2D eigenvalue weighted by Crippen LogP contribution is 2.36. The van der Waals surface area contributed by atoms with Crippen LogP contribution in [-0.4, -0.2) is 30.1 Å². The molecular weight excluding hydrogens is 316 g/mol. The molecule has 0 aromatic rings. The van der Waals surface area contributed by atoms with Gasteiger partial charge >= 0.3 is 5.97 Å². The summed E-state index contributed by atoms with van der Waals surface area (Å²) in [5.41, 5.74) is 0. The topological polar surface area (TPSA) is 63.6 Å². The Bertz CT molecular complexity index is 380. The van der Waals surface area contributed by atoms with Crippen molar-refractivity contribution in [2.24, 2.45) is 11.8 Å². The molecule has 1 N–H and O–H groups in total. The average molecular weight is 355 g/mol. The molecule has 0 heterocycles. The van der Waals surface area contributed by atoms with Gasteiger partial charge in [-0.15, -0.1) is 0 Å². The molecule has 0 aromatic carbocycles. The van der Waals surface area contributed by atoms with E-state index in [1.54, 1.807) is 0 Å². The molecule has 0 spiro atoms. The van der Waals surface area contributed by atoms with Crippen molar-refractivity contribution in [3.63, 3.8) is 0 Å². The van der Waals surface area contributed by atoms with E-state index in [9.17, 15) is 14.7 Å². The highest BCUT2D eigenvalue weighted by Gasteiger charge is 2.37. The molecule has 3 atom stereocenters. The summed E-state index contributed by atoms with van der Waals surface area (Å²) in [6, 6.07) is 0. The third kappa shape index (κ3) is 8.84. The quantitative estimate of drug-likeness (QED) is 0.359. The second-order valence-electron chi connectivity index (χ2n) is 7.57. The van der Waals surface area contributed by atoms with Crippen molar-refractivity contribution in [2.75, 3.05) is 7.11 Å². The number of carbonyl (C=O) groups excluding carboxylic acids is 2. The van der Waals surface area contributed by atoms with E-state index >= 15 is 0 Å². The highest BCUT2D eigenvalue weighted by atomic mass is 16.5. The first kappa shape index (κ1) is 22.1. The summed E-state index contributed by atoms with van der Waals surface area (Å²) >= 11 is 0. The van der Waals surface area contributed by atoms with Gasteiger partial charge in [-0.05, 0) is 31.6 Å². The average Bonchev–Trinajstić information content (AvgIpc) is 2.98. The molecule has 4 nitrogen and oxygen atoms in total. The molecule has 0 amide bonds. The summed E-state index contributed by atoms with van der Waals surface area (Å²) in [5.74, 6) is 0.442. The molecule has 0 aliphatic heterocycles. The molecule has 0 aromatic heterocycles. The molecular formula is C21H38O4. The second kappa shape index (κ2) is 13.3. The fraction of sp³-hybridized carbons (Fsp3) is 0.905. The SMILES string of the molecule is CCCCCCCC(O)C1CCC(=O)C1CCCCCCC(=O)OC. The van der Waals surface area contributed by atoms with Crippen LogP contribution in [0.5, 0.6) is 0 Å². The molecule has 1 saturated carbocycles. The van der Waals surface area contributed by atoms with Gasteiger partial charge in [0.05, 0.1) is 13.2 Å². The number of hydrogen-bond acceptors (Lipinski definition) is 4. The molecule has 3 unspecified atom stereocenters. The fourth-order valence-electron chi connectivity index (χ4n) is 4.03. The highest BCUT2D eigenvalue weighted by molar-refractivity contribution is 5.83. The lowest BCUT2D eigenvalue weighted by Crippen LogP contribution is -2.26. The zero-order valence-corrected chi connectivity index (χ0v) is 16.3. The Balaban J connectivity index is 2.21. The van der Waals surface area contributed by atoms with Crippen LogP contribution >= 0.6 is 0 Å². The summed E-state index contributed by atoms with van der Waals surface area (Å²) < 4.78 is 4.63. The van der Waals surface area contributed by atoms with E-state index < -0.39 is 0 Å². The third-order valence-electron chi connectivity index (χ3n) is 5.63. The van der Waals surface area contributed by atoms with Gasteiger partial charge in [-0.1, -0.05) is 58.3 Å². The first-order valence-corrected chi connectivity index (χ1v) is 10.4. The number of aliphatic hydroxyl groups excluding tert-OH is 1. The Morgan fingerprint density at radius 1 is 1.12 bits per heavy atom. The summed E-state index contributed by atoms with van der Waals surface area (Å²) in [5, 5.41) is 10.5. The Labute approximate surface area is 153 Å².